The first kappa shape index (κ1) is 13.6. The summed E-state index contributed by atoms with van der Waals surface area (Å²) in [5.74, 6) is 0. The Kier molecular flexibility index (Phi) is 5.68. The summed E-state index contributed by atoms with van der Waals surface area (Å²) in [4.78, 5) is 8.53. The lowest BCUT2D eigenvalue weighted by Gasteiger charge is -2.12. The molecule has 0 radical (unpaired) electrons. The van der Waals surface area contributed by atoms with Gasteiger partial charge in [0.15, 0.2) is 5.16 Å². The number of rotatable bonds is 6. The summed E-state index contributed by atoms with van der Waals surface area (Å²) < 4.78 is 0. The molecule has 0 saturated carbocycles. The normalized spacial score (nSPS) is 15.5. The average Bonchev–Trinajstić information content (AvgIpc) is 2.45. The van der Waals surface area contributed by atoms with Crippen LogP contribution in [0.3, 0.4) is 0 Å². The molecule has 0 atom stereocenters. The zero-order chi connectivity index (χ0) is 12.6. The van der Waals surface area contributed by atoms with E-state index >= 15 is 0 Å². The smallest absolute Gasteiger partial charge is 0.187 e. The number of nitrogens with one attached hydrogen (secondary N) is 1. The Morgan fingerprint density at radius 1 is 1.28 bits per heavy atom. The topological polar surface area (TPSA) is 37.8 Å². The van der Waals surface area contributed by atoms with Gasteiger partial charge in [0.05, 0.1) is 0 Å². The maximum atomic E-state index is 4.27. The van der Waals surface area contributed by atoms with Crippen LogP contribution in [0.4, 0.5) is 0 Å². The second kappa shape index (κ2) is 7.54. The molecule has 4 heteroatoms. The van der Waals surface area contributed by atoms with Crippen molar-refractivity contribution in [2.24, 2.45) is 0 Å². The van der Waals surface area contributed by atoms with Gasteiger partial charge >= 0.3 is 0 Å². The Balaban J connectivity index is 1.66. The highest BCUT2D eigenvalue weighted by molar-refractivity contribution is 7.98. The zero-order valence-corrected chi connectivity index (χ0v) is 11.8. The molecular formula is C14H21N3S. The molecule has 0 bridgehead atoms. The van der Waals surface area contributed by atoms with Gasteiger partial charge in [0, 0.05) is 24.5 Å². The minimum atomic E-state index is 0.839. The third kappa shape index (κ3) is 4.42. The average molecular weight is 263 g/mol. The molecule has 0 aliphatic heterocycles. The van der Waals surface area contributed by atoms with Gasteiger partial charge in [0.2, 0.25) is 0 Å². The molecule has 2 rings (SSSR count). The van der Waals surface area contributed by atoms with Crippen LogP contribution in [0.25, 0.3) is 0 Å². The van der Waals surface area contributed by atoms with E-state index in [-0.39, 0.29) is 0 Å². The molecule has 1 aliphatic carbocycles. The number of hydrogen-bond donors (Lipinski definition) is 1. The van der Waals surface area contributed by atoms with E-state index in [4.69, 9.17) is 0 Å². The molecule has 0 saturated heterocycles. The molecule has 0 spiro atoms. The SMILES string of the molecule is CSc1ncc(CNCCC2=CCCCC2)cn1. The summed E-state index contributed by atoms with van der Waals surface area (Å²) >= 11 is 1.57. The fraction of sp³-hybridized carbons (Fsp3) is 0.571. The van der Waals surface area contributed by atoms with Crippen LogP contribution in [0.2, 0.25) is 0 Å². The van der Waals surface area contributed by atoms with Crippen molar-refractivity contribution in [3.63, 3.8) is 0 Å². The molecule has 1 aromatic heterocycles. The van der Waals surface area contributed by atoms with Crippen LogP contribution >= 0.6 is 11.8 Å². The van der Waals surface area contributed by atoms with Crippen LogP contribution in [0.15, 0.2) is 29.2 Å². The first-order valence-electron chi connectivity index (χ1n) is 6.62. The highest BCUT2D eigenvalue weighted by Crippen LogP contribution is 2.19. The van der Waals surface area contributed by atoms with Crippen LogP contribution in [-0.4, -0.2) is 22.8 Å². The fourth-order valence-electron chi connectivity index (χ4n) is 2.15. The van der Waals surface area contributed by atoms with Gasteiger partial charge < -0.3 is 5.32 Å². The first-order chi connectivity index (χ1) is 8.88. The van der Waals surface area contributed by atoms with Gasteiger partial charge in [-0.1, -0.05) is 23.4 Å². The van der Waals surface area contributed by atoms with E-state index in [9.17, 15) is 0 Å². The van der Waals surface area contributed by atoms with Crippen molar-refractivity contribution in [2.45, 2.75) is 43.8 Å². The Bertz CT molecular complexity index is 387. The van der Waals surface area contributed by atoms with E-state index in [1.54, 1.807) is 17.3 Å². The van der Waals surface area contributed by atoms with E-state index in [2.05, 4.69) is 21.4 Å². The number of aromatic nitrogens is 2. The quantitative estimate of drug-likeness (QED) is 0.370. The van der Waals surface area contributed by atoms with Gasteiger partial charge in [-0.2, -0.15) is 0 Å². The minimum absolute atomic E-state index is 0.839. The Morgan fingerprint density at radius 2 is 2.11 bits per heavy atom. The second-order valence-corrected chi connectivity index (χ2v) is 5.39. The maximum Gasteiger partial charge on any atom is 0.187 e. The Hall–Kier alpha value is -0.870. The zero-order valence-electron chi connectivity index (χ0n) is 11.0. The third-order valence-corrected chi connectivity index (χ3v) is 3.78. The van der Waals surface area contributed by atoms with Crippen LogP contribution in [0.1, 0.15) is 37.7 Å². The maximum absolute atomic E-state index is 4.27. The van der Waals surface area contributed by atoms with Gasteiger partial charge in [-0.15, -0.1) is 0 Å². The van der Waals surface area contributed by atoms with Gasteiger partial charge in [-0.25, -0.2) is 9.97 Å². The van der Waals surface area contributed by atoms with Crippen molar-refractivity contribution in [3.05, 3.63) is 29.6 Å². The van der Waals surface area contributed by atoms with Crippen LogP contribution in [0.5, 0.6) is 0 Å². The molecule has 0 unspecified atom stereocenters. The van der Waals surface area contributed by atoms with Crippen molar-refractivity contribution in [1.29, 1.82) is 0 Å². The second-order valence-electron chi connectivity index (χ2n) is 4.61. The molecule has 3 nitrogen and oxygen atoms in total. The van der Waals surface area contributed by atoms with Gasteiger partial charge in [-0.05, 0) is 44.9 Å². The van der Waals surface area contributed by atoms with Crippen LogP contribution in [0, 0.1) is 0 Å². The molecule has 1 heterocycles. The highest BCUT2D eigenvalue weighted by atomic mass is 32.2. The van der Waals surface area contributed by atoms with Gasteiger partial charge in [-0.3, -0.25) is 0 Å². The first-order valence-corrected chi connectivity index (χ1v) is 7.84. The van der Waals surface area contributed by atoms with Gasteiger partial charge in [0.25, 0.3) is 0 Å². The molecule has 0 aromatic carbocycles. The van der Waals surface area contributed by atoms with Crippen molar-refractivity contribution in [3.8, 4) is 0 Å². The highest BCUT2D eigenvalue weighted by Gasteiger charge is 2.03. The molecule has 98 valence electrons. The Morgan fingerprint density at radius 3 is 2.78 bits per heavy atom. The fourth-order valence-corrected chi connectivity index (χ4v) is 2.47. The minimum Gasteiger partial charge on any atom is -0.312 e. The lowest BCUT2D eigenvalue weighted by atomic mass is 9.97. The van der Waals surface area contributed by atoms with Gasteiger partial charge in [0.1, 0.15) is 0 Å². The summed E-state index contributed by atoms with van der Waals surface area (Å²) in [5, 5.41) is 4.30. The van der Waals surface area contributed by atoms with E-state index in [0.717, 1.165) is 23.8 Å². The number of allylic oxidation sites excluding steroid dienone is 1. The third-order valence-electron chi connectivity index (χ3n) is 3.20. The molecular weight excluding hydrogens is 242 g/mol. The van der Waals surface area contributed by atoms with Crippen LogP contribution < -0.4 is 5.32 Å². The number of thioether (sulfide) groups is 1. The number of nitrogens with zero attached hydrogens (tertiary/aromatic N) is 2. The van der Waals surface area contributed by atoms with Crippen molar-refractivity contribution < 1.29 is 0 Å². The summed E-state index contributed by atoms with van der Waals surface area (Å²) in [6.45, 7) is 1.91. The summed E-state index contributed by atoms with van der Waals surface area (Å²) in [5.41, 5.74) is 2.79. The van der Waals surface area contributed by atoms with E-state index in [1.807, 2.05) is 18.6 Å². The predicted molar refractivity (Wildman–Crippen MR) is 76.7 cm³/mol. The lowest BCUT2D eigenvalue weighted by molar-refractivity contribution is 0.630. The predicted octanol–water partition coefficient (Wildman–Crippen LogP) is 3.18. The number of hydrogen-bond acceptors (Lipinski definition) is 4. The van der Waals surface area contributed by atoms with E-state index < -0.39 is 0 Å². The molecule has 0 amide bonds. The van der Waals surface area contributed by atoms with Crippen molar-refractivity contribution in [1.82, 2.24) is 15.3 Å². The van der Waals surface area contributed by atoms with Crippen LogP contribution in [-0.2, 0) is 6.54 Å². The monoisotopic (exact) mass is 263 g/mol. The summed E-state index contributed by atoms with van der Waals surface area (Å²) in [7, 11) is 0. The molecule has 1 N–H and O–H groups in total. The lowest BCUT2D eigenvalue weighted by Crippen LogP contribution is -2.16. The van der Waals surface area contributed by atoms with Crippen molar-refractivity contribution in [2.75, 3.05) is 12.8 Å². The largest absolute Gasteiger partial charge is 0.312 e. The summed E-state index contributed by atoms with van der Waals surface area (Å²) in [6, 6.07) is 0. The molecule has 1 aliphatic rings. The van der Waals surface area contributed by atoms with E-state index in [0.29, 0.717) is 0 Å². The van der Waals surface area contributed by atoms with E-state index in [1.165, 1.54) is 32.1 Å². The molecule has 0 fully saturated rings. The Labute approximate surface area is 113 Å². The van der Waals surface area contributed by atoms with Crippen molar-refractivity contribution >= 4 is 11.8 Å². The summed E-state index contributed by atoms with van der Waals surface area (Å²) in [6.07, 6.45) is 14.7. The molecule has 1 aromatic rings. The standard InChI is InChI=1S/C14H21N3S/c1-18-14-16-10-13(11-17-14)9-15-8-7-12-5-3-2-4-6-12/h5,10-11,15H,2-4,6-9H2,1H3. The molecule has 18 heavy (non-hydrogen) atoms.